The van der Waals surface area contributed by atoms with Gasteiger partial charge in [0.15, 0.2) is 16.9 Å². The normalized spacial score (nSPS) is 16.1. The van der Waals surface area contributed by atoms with Gasteiger partial charge in [0.2, 0.25) is 0 Å². The molecule has 1 saturated carbocycles. The molecular weight excluding hydrogens is 298 g/mol. The standard InChI is InChI=1S/C12H13N3O3S2/c16-12(10-4-3-8(19-10)6-20(17)18)13-11-5-9(14-15-11)7-1-2-7/h3-5,7H,1-2,6H2,(H,17,18)(H2,13,14,15,16). The van der Waals surface area contributed by atoms with E-state index in [0.717, 1.165) is 5.69 Å². The van der Waals surface area contributed by atoms with E-state index in [2.05, 4.69) is 15.5 Å². The molecule has 0 spiro atoms. The molecule has 2 aromatic rings. The number of thiophene rings is 1. The molecule has 1 atom stereocenters. The summed E-state index contributed by atoms with van der Waals surface area (Å²) < 4.78 is 19.5. The van der Waals surface area contributed by atoms with Gasteiger partial charge >= 0.3 is 0 Å². The van der Waals surface area contributed by atoms with Crippen LogP contribution in [0.15, 0.2) is 18.2 Å². The van der Waals surface area contributed by atoms with Gasteiger partial charge in [0.25, 0.3) is 5.91 Å². The molecule has 1 fully saturated rings. The number of carbonyl (C=O) groups excluding carboxylic acids is 1. The molecule has 1 aliphatic rings. The second-order valence-electron chi connectivity index (χ2n) is 4.67. The zero-order chi connectivity index (χ0) is 14.1. The average Bonchev–Trinajstić information content (AvgIpc) is 2.96. The summed E-state index contributed by atoms with van der Waals surface area (Å²) in [5.41, 5.74) is 1.06. The van der Waals surface area contributed by atoms with E-state index in [0.29, 0.717) is 21.5 Å². The van der Waals surface area contributed by atoms with Crippen molar-refractivity contribution < 1.29 is 13.6 Å². The maximum absolute atomic E-state index is 12.0. The van der Waals surface area contributed by atoms with Gasteiger partial charge in [-0.05, 0) is 25.0 Å². The highest BCUT2D eigenvalue weighted by Crippen LogP contribution is 2.39. The Labute approximate surface area is 121 Å². The number of aromatic nitrogens is 2. The van der Waals surface area contributed by atoms with Crippen molar-refractivity contribution in [3.05, 3.63) is 33.6 Å². The highest BCUT2D eigenvalue weighted by Gasteiger charge is 2.25. The van der Waals surface area contributed by atoms with Crippen molar-refractivity contribution >= 4 is 34.1 Å². The predicted molar refractivity (Wildman–Crippen MR) is 77.3 cm³/mol. The molecule has 8 heteroatoms. The van der Waals surface area contributed by atoms with Gasteiger partial charge in [-0.25, -0.2) is 4.21 Å². The number of rotatable bonds is 5. The minimum absolute atomic E-state index is 0.0478. The van der Waals surface area contributed by atoms with Crippen LogP contribution in [0, 0.1) is 0 Å². The van der Waals surface area contributed by atoms with E-state index < -0.39 is 11.1 Å². The molecule has 1 unspecified atom stereocenters. The van der Waals surface area contributed by atoms with Gasteiger partial charge < -0.3 is 9.87 Å². The van der Waals surface area contributed by atoms with Crippen LogP contribution in [0.5, 0.6) is 0 Å². The first kappa shape index (κ1) is 13.5. The topological polar surface area (TPSA) is 95.1 Å². The summed E-state index contributed by atoms with van der Waals surface area (Å²) in [6, 6.07) is 5.19. The lowest BCUT2D eigenvalue weighted by Crippen LogP contribution is -2.10. The molecule has 2 aromatic heterocycles. The summed E-state index contributed by atoms with van der Waals surface area (Å²) >= 11 is -0.677. The Hall–Kier alpha value is -1.51. The van der Waals surface area contributed by atoms with Gasteiger partial charge in [-0.3, -0.25) is 9.89 Å². The van der Waals surface area contributed by atoms with Crippen LogP contribution in [-0.4, -0.2) is 24.9 Å². The first-order valence-electron chi connectivity index (χ1n) is 6.14. The third kappa shape index (κ3) is 3.14. The molecule has 2 heterocycles. The summed E-state index contributed by atoms with van der Waals surface area (Å²) in [7, 11) is 0. The first-order chi connectivity index (χ1) is 9.61. The van der Waals surface area contributed by atoms with Crippen LogP contribution in [0.2, 0.25) is 0 Å². The van der Waals surface area contributed by atoms with Crippen molar-refractivity contribution in [1.29, 1.82) is 0 Å². The van der Waals surface area contributed by atoms with E-state index >= 15 is 0 Å². The summed E-state index contributed by atoms with van der Waals surface area (Å²) in [4.78, 5) is 13.2. The minimum atomic E-state index is -1.89. The molecule has 1 amide bonds. The molecule has 0 bridgehead atoms. The van der Waals surface area contributed by atoms with Crippen LogP contribution in [0.1, 0.15) is 39.0 Å². The van der Waals surface area contributed by atoms with Crippen molar-refractivity contribution in [3.63, 3.8) is 0 Å². The van der Waals surface area contributed by atoms with Crippen molar-refractivity contribution in [3.8, 4) is 0 Å². The molecule has 106 valence electrons. The van der Waals surface area contributed by atoms with Crippen LogP contribution in [0.3, 0.4) is 0 Å². The molecule has 0 aromatic carbocycles. The van der Waals surface area contributed by atoms with Crippen molar-refractivity contribution in [1.82, 2.24) is 10.2 Å². The highest BCUT2D eigenvalue weighted by atomic mass is 32.2. The first-order valence-corrected chi connectivity index (χ1v) is 8.24. The van der Waals surface area contributed by atoms with Crippen LogP contribution >= 0.6 is 11.3 Å². The zero-order valence-corrected chi connectivity index (χ0v) is 12.1. The monoisotopic (exact) mass is 311 g/mol. The number of anilines is 1. The van der Waals surface area contributed by atoms with Gasteiger partial charge in [0.1, 0.15) is 0 Å². The summed E-state index contributed by atoms with van der Waals surface area (Å²) in [6.45, 7) is 0. The predicted octanol–water partition coefficient (Wildman–Crippen LogP) is 2.32. The third-order valence-electron chi connectivity index (χ3n) is 3.01. The number of aromatic amines is 1. The van der Waals surface area contributed by atoms with Crippen LogP contribution in [-0.2, 0) is 16.8 Å². The molecular formula is C12H13N3O3S2. The molecule has 0 saturated heterocycles. The van der Waals surface area contributed by atoms with Crippen LogP contribution in [0.4, 0.5) is 5.82 Å². The van der Waals surface area contributed by atoms with Crippen molar-refractivity contribution in [2.45, 2.75) is 24.5 Å². The lowest BCUT2D eigenvalue weighted by Gasteiger charge is -1.97. The Kier molecular flexibility index (Phi) is 3.68. The fourth-order valence-electron chi connectivity index (χ4n) is 1.88. The van der Waals surface area contributed by atoms with E-state index in [-0.39, 0.29) is 11.7 Å². The summed E-state index contributed by atoms with van der Waals surface area (Å²) in [6.07, 6.45) is 2.34. The number of hydrogen-bond donors (Lipinski definition) is 3. The van der Waals surface area contributed by atoms with Gasteiger partial charge in [0.05, 0.1) is 10.6 Å². The molecule has 20 heavy (non-hydrogen) atoms. The Morgan fingerprint density at radius 1 is 1.55 bits per heavy atom. The Morgan fingerprint density at radius 2 is 2.35 bits per heavy atom. The highest BCUT2D eigenvalue weighted by molar-refractivity contribution is 7.78. The number of hydrogen-bond acceptors (Lipinski definition) is 4. The van der Waals surface area contributed by atoms with E-state index in [9.17, 15) is 9.00 Å². The smallest absolute Gasteiger partial charge is 0.266 e. The second kappa shape index (κ2) is 5.47. The summed E-state index contributed by atoms with van der Waals surface area (Å²) in [5.74, 6) is 0.865. The molecule has 0 aliphatic heterocycles. The Balaban J connectivity index is 1.65. The van der Waals surface area contributed by atoms with Crippen LogP contribution in [0.25, 0.3) is 0 Å². The molecule has 3 rings (SSSR count). The third-order valence-corrected chi connectivity index (χ3v) is 4.83. The Morgan fingerprint density at radius 3 is 3.05 bits per heavy atom. The minimum Gasteiger partial charge on any atom is -0.306 e. The quantitative estimate of drug-likeness (QED) is 0.738. The second-order valence-corrected chi connectivity index (χ2v) is 6.77. The van der Waals surface area contributed by atoms with Gasteiger partial charge in [0, 0.05) is 22.6 Å². The molecule has 6 nitrogen and oxygen atoms in total. The molecule has 0 radical (unpaired) electrons. The van der Waals surface area contributed by atoms with Gasteiger partial charge in [-0.1, -0.05) is 0 Å². The largest absolute Gasteiger partial charge is 0.306 e. The number of H-pyrrole nitrogens is 1. The number of nitrogens with one attached hydrogen (secondary N) is 2. The van der Waals surface area contributed by atoms with E-state index in [1.165, 1.54) is 24.2 Å². The van der Waals surface area contributed by atoms with Crippen LogP contribution < -0.4 is 5.32 Å². The zero-order valence-electron chi connectivity index (χ0n) is 10.5. The number of nitrogens with zero attached hydrogens (tertiary/aromatic N) is 1. The summed E-state index contributed by atoms with van der Waals surface area (Å²) in [5, 5.41) is 9.70. The Bertz CT molecular complexity index is 660. The average molecular weight is 311 g/mol. The number of amides is 1. The van der Waals surface area contributed by atoms with E-state index in [1.807, 2.05) is 6.07 Å². The van der Waals surface area contributed by atoms with Crippen molar-refractivity contribution in [2.24, 2.45) is 0 Å². The fourth-order valence-corrected chi connectivity index (χ4v) is 3.46. The molecule has 3 N–H and O–H groups in total. The number of carbonyl (C=O) groups is 1. The maximum atomic E-state index is 12.0. The molecule has 1 aliphatic carbocycles. The maximum Gasteiger partial charge on any atom is 0.266 e. The van der Waals surface area contributed by atoms with E-state index in [1.54, 1.807) is 12.1 Å². The SMILES string of the molecule is O=C(Nc1cc(C2CC2)[nH]n1)c1ccc(CS(=O)O)s1. The fraction of sp³-hybridized carbons (Fsp3) is 0.333. The lowest BCUT2D eigenvalue weighted by atomic mass is 10.3. The lowest BCUT2D eigenvalue weighted by molar-refractivity contribution is 0.103. The van der Waals surface area contributed by atoms with Crippen molar-refractivity contribution in [2.75, 3.05) is 5.32 Å². The van der Waals surface area contributed by atoms with E-state index in [4.69, 9.17) is 4.55 Å². The van der Waals surface area contributed by atoms with Gasteiger partial charge in [-0.2, -0.15) is 5.10 Å². The van der Waals surface area contributed by atoms with Gasteiger partial charge in [-0.15, -0.1) is 11.3 Å².